The minimum Gasteiger partial charge on any atom is -0.465 e. The van der Waals surface area contributed by atoms with E-state index >= 15 is 0 Å². The van der Waals surface area contributed by atoms with Gasteiger partial charge in [-0.1, -0.05) is 34.8 Å². The minimum absolute atomic E-state index is 0.0568. The zero-order valence-electron chi connectivity index (χ0n) is 17.3. The van der Waals surface area contributed by atoms with Crippen LogP contribution in [0.5, 0.6) is 5.75 Å². The Balaban J connectivity index is 1.55. The van der Waals surface area contributed by atoms with Crippen LogP contribution in [0, 0.1) is 10.1 Å². The molecule has 17 heteroatoms. The van der Waals surface area contributed by atoms with Gasteiger partial charge in [0.05, 0.1) is 11.5 Å². The molecule has 13 nitrogen and oxygen atoms in total. The van der Waals surface area contributed by atoms with Crippen molar-refractivity contribution < 1.29 is 33.8 Å². The Morgan fingerprint density at radius 2 is 2.00 bits per heavy atom. The summed E-state index contributed by atoms with van der Waals surface area (Å²) in [5.41, 5.74) is -1.59. The van der Waals surface area contributed by atoms with Crippen LogP contribution in [0.15, 0.2) is 41.3 Å². The number of halogens is 3. The maximum absolute atomic E-state index is 12.5. The van der Waals surface area contributed by atoms with Crippen molar-refractivity contribution in [3.63, 3.8) is 0 Å². The predicted octanol–water partition coefficient (Wildman–Crippen LogP) is 3.81. The smallest absolute Gasteiger partial charge is 0.465 e. The van der Waals surface area contributed by atoms with Crippen molar-refractivity contribution in [3.8, 4) is 5.75 Å². The third-order valence-electron chi connectivity index (χ3n) is 4.29. The van der Waals surface area contributed by atoms with Gasteiger partial charge in [0.25, 0.3) is 5.69 Å². The average Bonchev–Trinajstić information content (AvgIpc) is 3.24. The molecule has 1 saturated heterocycles. The molecule has 1 aromatic carbocycles. The fraction of sp³-hybridized carbons (Fsp3) is 0.333. The van der Waals surface area contributed by atoms with Crippen molar-refractivity contribution in [3.05, 3.63) is 57.1 Å². The second kappa shape index (κ2) is 11.3. The molecule has 1 amide bonds. The van der Waals surface area contributed by atoms with Crippen LogP contribution in [0.2, 0.25) is 0 Å². The van der Waals surface area contributed by atoms with Crippen LogP contribution in [0.1, 0.15) is 6.23 Å². The molecule has 0 unspecified atom stereocenters. The molecule has 0 spiro atoms. The summed E-state index contributed by atoms with van der Waals surface area (Å²) in [5.74, 6) is 0.134. The largest absolute Gasteiger partial charge is 0.513 e. The highest BCUT2D eigenvalue weighted by atomic mass is 35.6. The van der Waals surface area contributed by atoms with Gasteiger partial charge in [-0.25, -0.2) is 14.4 Å². The molecule has 0 bridgehead atoms. The van der Waals surface area contributed by atoms with Gasteiger partial charge in [-0.15, -0.1) is 11.8 Å². The Hall–Kier alpha value is -2.78. The molecule has 0 radical (unpaired) electrons. The predicted molar refractivity (Wildman–Crippen MR) is 126 cm³/mol. The van der Waals surface area contributed by atoms with Gasteiger partial charge in [-0.05, 0) is 18.2 Å². The van der Waals surface area contributed by atoms with E-state index in [1.54, 1.807) is 0 Å². The summed E-state index contributed by atoms with van der Waals surface area (Å²) in [6, 6.07) is 6.10. The number of aromatic nitrogens is 2. The molecule has 1 aliphatic heterocycles. The number of carbonyl (C=O) groups is 2. The number of nitro groups is 1. The highest BCUT2D eigenvalue weighted by molar-refractivity contribution is 8.00. The number of nitro benzene ring substituents is 1. The van der Waals surface area contributed by atoms with E-state index in [2.05, 4.69) is 4.98 Å². The van der Waals surface area contributed by atoms with Gasteiger partial charge in [0.2, 0.25) is 3.79 Å². The van der Waals surface area contributed by atoms with E-state index in [0.29, 0.717) is 10.7 Å². The lowest BCUT2D eigenvalue weighted by Gasteiger charge is -2.22. The maximum atomic E-state index is 12.5. The Morgan fingerprint density at radius 1 is 1.31 bits per heavy atom. The molecule has 1 aromatic heterocycles. The first kappa shape index (κ1) is 26.8. The van der Waals surface area contributed by atoms with E-state index in [-0.39, 0.29) is 23.9 Å². The van der Waals surface area contributed by atoms with Crippen LogP contribution in [0.25, 0.3) is 0 Å². The number of thioether (sulfide) groups is 1. The number of nitrogens with zero attached hydrogens (tertiary/aromatic N) is 4. The fourth-order valence-electron chi connectivity index (χ4n) is 2.77. The number of carboxylic acid groups (broad SMARTS) is 1. The normalized spacial score (nSPS) is 17.6. The molecular weight excluding hydrogens is 555 g/mol. The van der Waals surface area contributed by atoms with Gasteiger partial charge in [0.15, 0.2) is 0 Å². The van der Waals surface area contributed by atoms with Crippen molar-refractivity contribution >= 4 is 70.3 Å². The van der Waals surface area contributed by atoms with Crippen LogP contribution in [-0.2, 0) is 9.47 Å². The highest BCUT2D eigenvalue weighted by Gasteiger charge is 2.32. The third kappa shape index (κ3) is 7.60. The second-order valence-electron chi connectivity index (χ2n) is 6.73. The number of benzene rings is 1. The molecule has 0 aliphatic carbocycles. The van der Waals surface area contributed by atoms with E-state index in [1.807, 2.05) is 0 Å². The lowest BCUT2D eigenvalue weighted by molar-refractivity contribution is -0.384. The zero-order valence-corrected chi connectivity index (χ0v) is 20.4. The van der Waals surface area contributed by atoms with E-state index in [1.165, 1.54) is 48.3 Å². The molecule has 3 rings (SSSR count). The molecule has 1 fully saturated rings. The summed E-state index contributed by atoms with van der Waals surface area (Å²) in [5, 5.41) is 20.0. The number of hydrogen-bond acceptors (Lipinski definition) is 10. The van der Waals surface area contributed by atoms with Crippen molar-refractivity contribution in [2.45, 2.75) is 15.5 Å². The number of alkyl halides is 3. The van der Waals surface area contributed by atoms with Crippen molar-refractivity contribution in [2.75, 3.05) is 23.8 Å². The molecule has 35 heavy (non-hydrogen) atoms. The maximum Gasteiger partial charge on any atom is 0.513 e. The number of ether oxygens (including phenoxy) is 3. The summed E-state index contributed by atoms with van der Waals surface area (Å²) in [7, 11) is 0. The minimum atomic E-state index is -1.92. The first-order valence-corrected chi connectivity index (χ1v) is 11.6. The van der Waals surface area contributed by atoms with E-state index < -0.39 is 44.9 Å². The van der Waals surface area contributed by atoms with Crippen molar-refractivity contribution in [2.24, 2.45) is 0 Å². The summed E-state index contributed by atoms with van der Waals surface area (Å²) < 4.78 is 14.8. The van der Waals surface area contributed by atoms with Gasteiger partial charge in [-0.2, -0.15) is 4.98 Å². The first-order chi connectivity index (χ1) is 16.4. The quantitative estimate of drug-likeness (QED) is 0.169. The Kier molecular flexibility index (Phi) is 8.66. The Labute approximate surface area is 215 Å². The molecule has 2 atom stereocenters. The SMILES string of the molecule is O=C(OC[C@@H]1O[C@H](n2ccc(N(CC(Cl)(Cl)Cl)C(=O)O)nc2=O)CS1)Oc1ccc([N+](=O)[O-])cc1. The van der Waals surface area contributed by atoms with E-state index in [0.717, 1.165) is 4.57 Å². The number of hydrogen-bond donors (Lipinski definition) is 1. The average molecular weight is 570 g/mol. The first-order valence-electron chi connectivity index (χ1n) is 9.45. The van der Waals surface area contributed by atoms with Gasteiger partial charge in [-0.3, -0.25) is 19.6 Å². The second-order valence-corrected chi connectivity index (χ2v) is 10.4. The third-order valence-corrected chi connectivity index (χ3v) is 5.75. The van der Waals surface area contributed by atoms with E-state index in [4.69, 9.17) is 49.0 Å². The monoisotopic (exact) mass is 568 g/mol. The summed E-state index contributed by atoms with van der Waals surface area (Å²) in [6.45, 7) is -0.752. The molecule has 2 aromatic rings. The number of non-ortho nitro benzene ring substituents is 1. The van der Waals surface area contributed by atoms with Gasteiger partial charge < -0.3 is 19.3 Å². The van der Waals surface area contributed by atoms with Gasteiger partial charge >= 0.3 is 17.9 Å². The lowest BCUT2D eigenvalue weighted by Crippen LogP contribution is -2.39. The Morgan fingerprint density at radius 3 is 2.57 bits per heavy atom. The number of carbonyl (C=O) groups excluding carboxylic acids is 1. The molecule has 188 valence electrons. The van der Waals surface area contributed by atoms with Gasteiger partial charge in [0, 0.05) is 24.1 Å². The summed E-state index contributed by atoms with van der Waals surface area (Å²) >= 11 is 18.2. The number of anilines is 1. The number of rotatable bonds is 7. The van der Waals surface area contributed by atoms with Crippen molar-refractivity contribution in [1.82, 2.24) is 9.55 Å². The molecule has 1 aliphatic rings. The zero-order chi connectivity index (χ0) is 25.8. The summed E-state index contributed by atoms with van der Waals surface area (Å²) in [4.78, 5) is 50.2. The van der Waals surface area contributed by atoms with Crippen LogP contribution >= 0.6 is 46.6 Å². The topological polar surface area (TPSA) is 163 Å². The van der Waals surface area contributed by atoms with Gasteiger partial charge in [0.1, 0.15) is 29.8 Å². The fourth-order valence-corrected chi connectivity index (χ4v) is 4.12. The molecule has 1 N–H and O–H groups in total. The molecular formula is C18H15Cl3N4O9S. The highest BCUT2D eigenvalue weighted by Crippen LogP contribution is 2.32. The standard InChI is InChI=1S/C18H15Cl3N4O9S/c19-18(20,21)9-24(16(27)28)12-5-6-23(15(26)22-12)13-8-35-14(34-13)7-32-17(29)33-11-3-1-10(2-4-11)25(30)31/h1-6,13-14H,7-9H2,(H,27,28)/t13-,14+/m0/s1. The van der Waals surface area contributed by atoms with Crippen LogP contribution in [-0.4, -0.2) is 60.0 Å². The van der Waals surface area contributed by atoms with Crippen molar-refractivity contribution in [1.29, 1.82) is 0 Å². The van der Waals surface area contributed by atoms with E-state index in [9.17, 15) is 29.6 Å². The molecule has 2 heterocycles. The lowest BCUT2D eigenvalue weighted by atomic mass is 10.3. The molecule has 0 saturated carbocycles. The van der Waals surface area contributed by atoms with Crippen LogP contribution < -0.4 is 15.3 Å². The van der Waals surface area contributed by atoms with Crippen LogP contribution in [0.3, 0.4) is 0 Å². The Bertz CT molecular complexity index is 1160. The number of amides is 1. The van der Waals surface area contributed by atoms with Crippen LogP contribution in [0.4, 0.5) is 21.1 Å². The summed E-state index contributed by atoms with van der Waals surface area (Å²) in [6.07, 6.45) is -1.99.